The molecule has 1 heterocycles. The van der Waals surface area contributed by atoms with Crippen molar-refractivity contribution < 1.29 is 9.84 Å². The van der Waals surface area contributed by atoms with Gasteiger partial charge in [0.15, 0.2) is 0 Å². The van der Waals surface area contributed by atoms with Gasteiger partial charge in [0.25, 0.3) is 0 Å². The maximum absolute atomic E-state index is 9.67. The number of pyridine rings is 1. The molecule has 1 atom stereocenters. The van der Waals surface area contributed by atoms with Crippen LogP contribution in [-0.4, -0.2) is 17.2 Å². The number of para-hydroxylation sites is 1. The number of anilines is 1. The zero-order chi connectivity index (χ0) is 16.4. The van der Waals surface area contributed by atoms with Crippen LogP contribution in [0.2, 0.25) is 0 Å². The Morgan fingerprint density at radius 2 is 1.96 bits per heavy atom. The summed E-state index contributed by atoms with van der Waals surface area (Å²) in [6.45, 7) is 4.10. The highest BCUT2D eigenvalue weighted by Gasteiger charge is 2.13. The van der Waals surface area contributed by atoms with Gasteiger partial charge in [-0.3, -0.25) is 4.98 Å². The molecule has 3 rings (SSSR count). The van der Waals surface area contributed by atoms with Crippen molar-refractivity contribution in [2.24, 2.45) is 0 Å². The van der Waals surface area contributed by atoms with Crippen LogP contribution < -0.4 is 10.1 Å². The van der Waals surface area contributed by atoms with Gasteiger partial charge in [-0.05, 0) is 43.2 Å². The summed E-state index contributed by atoms with van der Waals surface area (Å²) >= 11 is 0. The Morgan fingerprint density at radius 3 is 2.70 bits per heavy atom. The number of nitrogens with one attached hydrogen (secondary N) is 1. The lowest BCUT2D eigenvalue weighted by Crippen LogP contribution is -2.08. The number of phenols is 1. The number of aromatic hydroxyl groups is 1. The first kappa shape index (κ1) is 15.2. The summed E-state index contributed by atoms with van der Waals surface area (Å²) in [7, 11) is 1.65. The fourth-order valence-corrected chi connectivity index (χ4v) is 2.75. The van der Waals surface area contributed by atoms with Crippen molar-refractivity contribution in [2.75, 3.05) is 12.4 Å². The number of fused-ring (bicyclic) bond motifs is 1. The standard InChI is InChI=1S/C19H20N2O2/c1-12-11-20-19-16(8-5-9-17(19)23-3)18(12)21-13(2)14-6-4-7-15(22)10-14/h4-11,13,22H,1-3H3,(H,20,21). The lowest BCUT2D eigenvalue weighted by Gasteiger charge is -2.19. The van der Waals surface area contributed by atoms with E-state index in [2.05, 4.69) is 17.2 Å². The highest BCUT2D eigenvalue weighted by Crippen LogP contribution is 2.33. The summed E-state index contributed by atoms with van der Waals surface area (Å²) in [6.07, 6.45) is 1.85. The van der Waals surface area contributed by atoms with E-state index in [0.717, 1.165) is 33.5 Å². The molecule has 0 spiro atoms. The monoisotopic (exact) mass is 308 g/mol. The summed E-state index contributed by atoms with van der Waals surface area (Å²) in [5, 5.41) is 14.2. The molecule has 1 aromatic heterocycles. The molecule has 0 radical (unpaired) electrons. The summed E-state index contributed by atoms with van der Waals surface area (Å²) in [5.41, 5.74) is 3.96. The minimum Gasteiger partial charge on any atom is -0.508 e. The van der Waals surface area contributed by atoms with Gasteiger partial charge >= 0.3 is 0 Å². The minimum atomic E-state index is 0.0533. The predicted octanol–water partition coefficient (Wildman–Crippen LogP) is 4.43. The lowest BCUT2D eigenvalue weighted by atomic mass is 10.1. The molecule has 4 heteroatoms. The number of phenolic OH excluding ortho intramolecular Hbond substituents is 1. The smallest absolute Gasteiger partial charge is 0.145 e. The van der Waals surface area contributed by atoms with Gasteiger partial charge < -0.3 is 15.2 Å². The molecule has 0 saturated carbocycles. The molecular formula is C19H20N2O2. The number of hydrogen-bond donors (Lipinski definition) is 2. The van der Waals surface area contributed by atoms with Crippen LogP contribution in [0.3, 0.4) is 0 Å². The van der Waals surface area contributed by atoms with Crippen LogP contribution in [0, 0.1) is 6.92 Å². The summed E-state index contributed by atoms with van der Waals surface area (Å²) in [6, 6.07) is 13.3. The van der Waals surface area contributed by atoms with Crippen LogP contribution in [0.25, 0.3) is 10.9 Å². The van der Waals surface area contributed by atoms with Crippen molar-refractivity contribution in [3.63, 3.8) is 0 Å². The number of benzene rings is 2. The van der Waals surface area contributed by atoms with Crippen LogP contribution in [0.5, 0.6) is 11.5 Å². The maximum Gasteiger partial charge on any atom is 0.145 e. The van der Waals surface area contributed by atoms with Crippen molar-refractivity contribution in [3.05, 3.63) is 59.8 Å². The Hall–Kier alpha value is -2.75. The van der Waals surface area contributed by atoms with Crippen molar-refractivity contribution in [1.29, 1.82) is 0 Å². The molecule has 118 valence electrons. The van der Waals surface area contributed by atoms with Gasteiger partial charge in [-0.25, -0.2) is 0 Å². The summed E-state index contributed by atoms with van der Waals surface area (Å²) in [5.74, 6) is 1.03. The van der Waals surface area contributed by atoms with E-state index in [1.54, 1.807) is 19.2 Å². The van der Waals surface area contributed by atoms with E-state index in [-0.39, 0.29) is 11.8 Å². The summed E-state index contributed by atoms with van der Waals surface area (Å²) < 4.78 is 5.40. The Kier molecular flexibility index (Phi) is 4.06. The molecule has 0 saturated heterocycles. The SMILES string of the molecule is COc1cccc2c(NC(C)c3cccc(O)c3)c(C)cnc12. The zero-order valence-corrected chi connectivity index (χ0v) is 13.5. The fourth-order valence-electron chi connectivity index (χ4n) is 2.75. The van der Waals surface area contributed by atoms with Crippen molar-refractivity contribution in [2.45, 2.75) is 19.9 Å². The van der Waals surface area contributed by atoms with Crippen LogP contribution >= 0.6 is 0 Å². The fraction of sp³-hybridized carbons (Fsp3) is 0.211. The maximum atomic E-state index is 9.67. The van der Waals surface area contributed by atoms with E-state index in [9.17, 15) is 5.11 Å². The normalized spacial score (nSPS) is 12.1. The Labute approximate surface area is 135 Å². The molecule has 2 N–H and O–H groups in total. The average Bonchev–Trinajstić information content (AvgIpc) is 2.56. The largest absolute Gasteiger partial charge is 0.508 e. The number of nitrogens with zero attached hydrogens (tertiary/aromatic N) is 1. The predicted molar refractivity (Wildman–Crippen MR) is 93.2 cm³/mol. The van der Waals surface area contributed by atoms with Gasteiger partial charge in [0, 0.05) is 23.3 Å². The number of aromatic nitrogens is 1. The molecule has 0 aliphatic heterocycles. The number of methoxy groups -OCH3 is 1. The number of hydrogen-bond acceptors (Lipinski definition) is 4. The van der Waals surface area contributed by atoms with Gasteiger partial charge in [-0.2, -0.15) is 0 Å². The van der Waals surface area contributed by atoms with Gasteiger partial charge in [-0.1, -0.05) is 24.3 Å². The second-order valence-electron chi connectivity index (χ2n) is 5.63. The van der Waals surface area contributed by atoms with E-state index in [0.29, 0.717) is 0 Å². The first-order chi connectivity index (χ1) is 11.1. The molecule has 0 bridgehead atoms. The number of aryl methyl sites for hydroxylation is 1. The van der Waals surface area contributed by atoms with Crippen LogP contribution in [0.4, 0.5) is 5.69 Å². The summed E-state index contributed by atoms with van der Waals surface area (Å²) in [4.78, 5) is 4.50. The molecule has 0 aliphatic rings. The van der Waals surface area contributed by atoms with Gasteiger partial charge in [0.1, 0.15) is 17.0 Å². The van der Waals surface area contributed by atoms with E-state index < -0.39 is 0 Å². The van der Waals surface area contributed by atoms with Gasteiger partial charge in [-0.15, -0.1) is 0 Å². The third-order valence-electron chi connectivity index (χ3n) is 4.00. The molecular weight excluding hydrogens is 288 g/mol. The quantitative estimate of drug-likeness (QED) is 0.748. The first-order valence-corrected chi connectivity index (χ1v) is 7.58. The molecule has 3 aromatic rings. The molecule has 4 nitrogen and oxygen atoms in total. The van der Waals surface area contributed by atoms with Crippen molar-refractivity contribution in [3.8, 4) is 11.5 Å². The van der Waals surface area contributed by atoms with Crippen LogP contribution in [0.1, 0.15) is 24.1 Å². The van der Waals surface area contributed by atoms with Crippen molar-refractivity contribution in [1.82, 2.24) is 4.98 Å². The van der Waals surface area contributed by atoms with E-state index in [1.807, 2.05) is 43.5 Å². The number of rotatable bonds is 4. The first-order valence-electron chi connectivity index (χ1n) is 7.58. The van der Waals surface area contributed by atoms with Crippen LogP contribution in [-0.2, 0) is 0 Å². The highest BCUT2D eigenvalue weighted by molar-refractivity contribution is 5.96. The third kappa shape index (κ3) is 2.93. The topological polar surface area (TPSA) is 54.4 Å². The second kappa shape index (κ2) is 6.16. The molecule has 1 unspecified atom stereocenters. The number of ether oxygens (including phenoxy) is 1. The van der Waals surface area contributed by atoms with E-state index in [4.69, 9.17) is 4.74 Å². The minimum absolute atomic E-state index is 0.0533. The lowest BCUT2D eigenvalue weighted by molar-refractivity contribution is 0.419. The molecule has 0 fully saturated rings. The Bertz CT molecular complexity index is 846. The van der Waals surface area contributed by atoms with Gasteiger partial charge in [0.2, 0.25) is 0 Å². The van der Waals surface area contributed by atoms with Crippen LogP contribution in [0.15, 0.2) is 48.7 Å². The molecule has 2 aromatic carbocycles. The average molecular weight is 308 g/mol. The zero-order valence-electron chi connectivity index (χ0n) is 13.5. The molecule has 0 amide bonds. The van der Waals surface area contributed by atoms with E-state index >= 15 is 0 Å². The second-order valence-corrected chi connectivity index (χ2v) is 5.63. The Balaban J connectivity index is 2.04. The third-order valence-corrected chi connectivity index (χ3v) is 4.00. The van der Waals surface area contributed by atoms with E-state index in [1.165, 1.54) is 0 Å². The van der Waals surface area contributed by atoms with Gasteiger partial charge in [0.05, 0.1) is 7.11 Å². The molecule has 0 aliphatic carbocycles. The Morgan fingerprint density at radius 1 is 1.17 bits per heavy atom. The molecule has 23 heavy (non-hydrogen) atoms. The van der Waals surface area contributed by atoms with Crippen molar-refractivity contribution >= 4 is 16.6 Å². The highest BCUT2D eigenvalue weighted by atomic mass is 16.5.